The van der Waals surface area contributed by atoms with Gasteiger partial charge in [-0.05, 0) is 51.4 Å². The number of fused-ring (bicyclic) bond motifs is 1. The maximum absolute atomic E-state index is 13.1. The van der Waals surface area contributed by atoms with Gasteiger partial charge >= 0.3 is 5.97 Å². The summed E-state index contributed by atoms with van der Waals surface area (Å²) in [7, 11) is 3.96. The Hall–Kier alpha value is -2.67. The second-order valence-corrected chi connectivity index (χ2v) is 7.79. The van der Waals surface area contributed by atoms with Crippen LogP contribution in [0.2, 0.25) is 0 Å². The Kier molecular flexibility index (Phi) is 5.84. The van der Waals surface area contributed by atoms with Gasteiger partial charge in [0, 0.05) is 37.1 Å². The molecule has 0 spiro atoms. The summed E-state index contributed by atoms with van der Waals surface area (Å²) in [6, 6.07) is 5.68. The predicted molar refractivity (Wildman–Crippen MR) is 108 cm³/mol. The van der Waals surface area contributed by atoms with Gasteiger partial charge in [-0.1, -0.05) is 12.1 Å². The molecule has 3 rings (SSSR count). The summed E-state index contributed by atoms with van der Waals surface area (Å²) in [5, 5.41) is 9.55. The molecule has 0 radical (unpaired) electrons. The number of aromatic nitrogens is 1. The first-order chi connectivity index (χ1) is 13.3. The van der Waals surface area contributed by atoms with E-state index in [1.807, 2.05) is 33.2 Å². The highest BCUT2D eigenvalue weighted by molar-refractivity contribution is 5.97. The van der Waals surface area contributed by atoms with Gasteiger partial charge in [-0.2, -0.15) is 0 Å². The molecular weight excluding hydrogens is 358 g/mol. The number of piperidine rings is 1. The number of aromatic amines is 1. The van der Waals surface area contributed by atoms with Crippen LogP contribution in [0.3, 0.4) is 0 Å². The Bertz CT molecular complexity index is 950. The van der Waals surface area contributed by atoms with E-state index in [1.54, 1.807) is 11.0 Å². The first-order valence-electron chi connectivity index (χ1n) is 9.58. The third-order valence-corrected chi connectivity index (χ3v) is 5.73. The van der Waals surface area contributed by atoms with Crippen molar-refractivity contribution in [3.63, 3.8) is 0 Å². The minimum absolute atomic E-state index is 0.0607. The number of para-hydroxylation sites is 1. The molecule has 0 bridgehead atoms. The molecule has 0 unspecified atom stereocenters. The Balaban J connectivity index is 1.86. The lowest BCUT2D eigenvalue weighted by Crippen LogP contribution is -2.51. The summed E-state index contributed by atoms with van der Waals surface area (Å²) in [5.74, 6) is -1.06. The minimum atomic E-state index is -0.831. The summed E-state index contributed by atoms with van der Waals surface area (Å²) in [5.41, 5.74) is 1.57. The van der Waals surface area contributed by atoms with E-state index >= 15 is 0 Å². The fourth-order valence-corrected chi connectivity index (χ4v) is 4.21. The lowest BCUT2D eigenvalue weighted by molar-refractivity contribution is -0.137. The van der Waals surface area contributed by atoms with Crippen molar-refractivity contribution in [2.24, 2.45) is 5.92 Å². The van der Waals surface area contributed by atoms with E-state index in [0.717, 1.165) is 17.5 Å². The fourth-order valence-electron chi connectivity index (χ4n) is 4.21. The second-order valence-electron chi connectivity index (χ2n) is 7.79. The smallest absolute Gasteiger partial charge is 0.303 e. The molecule has 1 amide bonds. The monoisotopic (exact) mass is 385 g/mol. The van der Waals surface area contributed by atoms with Crippen LogP contribution in [-0.2, 0) is 4.79 Å². The molecule has 1 aromatic carbocycles. The van der Waals surface area contributed by atoms with E-state index in [1.165, 1.54) is 6.20 Å². The Morgan fingerprint density at radius 1 is 1.32 bits per heavy atom. The highest BCUT2D eigenvalue weighted by Crippen LogP contribution is 2.26. The number of carbonyl (C=O) groups excluding carboxylic acids is 1. The number of carboxylic acid groups (broad SMARTS) is 1. The standard InChI is InChI=1S/C21H27N3O4/c1-13-5-4-6-15-19(13)22-11-16(20(15)27)21(28)24-10-9-17(23(2)3)14(12-24)7-8-18(25)26/h4-6,11,14,17H,7-10,12H2,1-3H3,(H,22,27)(H,25,26)/t14-,17+/m1/s1. The number of carboxylic acids is 1. The number of aryl methyl sites for hydroxylation is 1. The maximum Gasteiger partial charge on any atom is 0.303 e. The molecule has 2 aromatic rings. The van der Waals surface area contributed by atoms with Crippen molar-refractivity contribution in [3.8, 4) is 0 Å². The molecule has 0 saturated carbocycles. The van der Waals surface area contributed by atoms with Crippen LogP contribution >= 0.6 is 0 Å². The average molecular weight is 385 g/mol. The third kappa shape index (κ3) is 3.94. The number of aliphatic carboxylic acids is 1. The van der Waals surface area contributed by atoms with Crippen LogP contribution in [0.25, 0.3) is 10.9 Å². The summed E-state index contributed by atoms with van der Waals surface area (Å²) in [6.45, 7) is 2.93. The van der Waals surface area contributed by atoms with Crippen molar-refractivity contribution < 1.29 is 14.7 Å². The van der Waals surface area contributed by atoms with E-state index in [4.69, 9.17) is 5.11 Å². The molecule has 1 aromatic heterocycles. The summed E-state index contributed by atoms with van der Waals surface area (Å²) < 4.78 is 0. The van der Waals surface area contributed by atoms with Gasteiger partial charge in [-0.15, -0.1) is 0 Å². The number of pyridine rings is 1. The zero-order chi connectivity index (χ0) is 20.4. The number of carbonyl (C=O) groups is 2. The molecule has 2 heterocycles. The number of nitrogens with one attached hydrogen (secondary N) is 1. The number of likely N-dealkylation sites (tertiary alicyclic amines) is 1. The predicted octanol–water partition coefficient (Wildman–Crippen LogP) is 2.09. The van der Waals surface area contributed by atoms with Gasteiger partial charge in [0.15, 0.2) is 0 Å². The molecule has 2 N–H and O–H groups in total. The normalized spacial score (nSPS) is 19.9. The molecule has 1 aliphatic heterocycles. The largest absolute Gasteiger partial charge is 0.481 e. The number of rotatable bonds is 5. The Morgan fingerprint density at radius 2 is 2.07 bits per heavy atom. The highest BCUT2D eigenvalue weighted by Gasteiger charge is 2.33. The van der Waals surface area contributed by atoms with Gasteiger partial charge in [-0.3, -0.25) is 14.4 Å². The molecule has 2 atom stereocenters. The van der Waals surface area contributed by atoms with Crippen LogP contribution in [0.5, 0.6) is 0 Å². The summed E-state index contributed by atoms with van der Waals surface area (Å²) in [6.07, 6.45) is 2.85. The van der Waals surface area contributed by atoms with Crippen molar-refractivity contribution in [1.82, 2.24) is 14.8 Å². The van der Waals surface area contributed by atoms with Crippen LogP contribution in [0.1, 0.15) is 35.2 Å². The van der Waals surface area contributed by atoms with E-state index in [2.05, 4.69) is 9.88 Å². The molecule has 7 nitrogen and oxygen atoms in total. The van der Waals surface area contributed by atoms with Gasteiger partial charge < -0.3 is 19.9 Å². The number of amides is 1. The quantitative estimate of drug-likeness (QED) is 0.822. The molecule has 7 heteroatoms. The number of benzene rings is 1. The van der Waals surface area contributed by atoms with Crippen LogP contribution in [0.15, 0.2) is 29.2 Å². The SMILES string of the molecule is Cc1cccc2c(=O)c(C(=O)N3CC[C@H](N(C)C)[C@H](CCC(=O)O)C3)c[nH]c12. The van der Waals surface area contributed by atoms with E-state index < -0.39 is 5.97 Å². The molecule has 1 aliphatic rings. The first-order valence-corrected chi connectivity index (χ1v) is 9.58. The van der Waals surface area contributed by atoms with Crippen LogP contribution in [0, 0.1) is 12.8 Å². The van der Waals surface area contributed by atoms with Gasteiger partial charge in [-0.25, -0.2) is 0 Å². The zero-order valence-corrected chi connectivity index (χ0v) is 16.6. The second kappa shape index (κ2) is 8.14. The molecule has 1 fully saturated rings. The lowest BCUT2D eigenvalue weighted by Gasteiger charge is -2.41. The van der Waals surface area contributed by atoms with Gasteiger partial charge in [0.05, 0.1) is 5.52 Å². The number of hydrogen-bond acceptors (Lipinski definition) is 4. The number of nitrogens with zero attached hydrogens (tertiary/aromatic N) is 2. The van der Waals surface area contributed by atoms with Crippen LogP contribution < -0.4 is 5.43 Å². The minimum Gasteiger partial charge on any atom is -0.481 e. The van der Waals surface area contributed by atoms with Gasteiger partial charge in [0.25, 0.3) is 5.91 Å². The zero-order valence-electron chi connectivity index (χ0n) is 16.6. The van der Waals surface area contributed by atoms with Crippen molar-refractivity contribution in [1.29, 1.82) is 0 Å². The maximum atomic E-state index is 13.1. The van der Waals surface area contributed by atoms with Crippen LogP contribution in [0.4, 0.5) is 0 Å². The summed E-state index contributed by atoms with van der Waals surface area (Å²) >= 11 is 0. The first kappa shape index (κ1) is 20.1. The van der Waals surface area contributed by atoms with E-state index in [-0.39, 0.29) is 35.3 Å². The fraction of sp³-hybridized carbons (Fsp3) is 0.476. The molecule has 28 heavy (non-hydrogen) atoms. The van der Waals surface area contributed by atoms with Crippen molar-refractivity contribution in [2.75, 3.05) is 27.2 Å². The molecule has 1 saturated heterocycles. The Labute approximate surface area is 164 Å². The molecular formula is C21H27N3O4. The van der Waals surface area contributed by atoms with Crippen molar-refractivity contribution in [2.45, 2.75) is 32.2 Å². The van der Waals surface area contributed by atoms with Crippen LogP contribution in [-0.4, -0.2) is 65.0 Å². The topological polar surface area (TPSA) is 93.7 Å². The van der Waals surface area contributed by atoms with Gasteiger partial charge in [0.1, 0.15) is 5.56 Å². The highest BCUT2D eigenvalue weighted by atomic mass is 16.4. The average Bonchev–Trinajstić information content (AvgIpc) is 2.66. The number of hydrogen-bond donors (Lipinski definition) is 2. The van der Waals surface area contributed by atoms with E-state index in [9.17, 15) is 14.4 Å². The molecule has 0 aliphatic carbocycles. The third-order valence-electron chi connectivity index (χ3n) is 5.73. The Morgan fingerprint density at radius 3 is 2.75 bits per heavy atom. The van der Waals surface area contributed by atoms with E-state index in [0.29, 0.717) is 24.9 Å². The number of H-pyrrole nitrogens is 1. The van der Waals surface area contributed by atoms with Crippen molar-refractivity contribution in [3.05, 3.63) is 45.7 Å². The lowest BCUT2D eigenvalue weighted by atomic mass is 9.87. The van der Waals surface area contributed by atoms with Gasteiger partial charge in [0.2, 0.25) is 5.43 Å². The summed E-state index contributed by atoms with van der Waals surface area (Å²) in [4.78, 5) is 43.9. The van der Waals surface area contributed by atoms with Crippen molar-refractivity contribution >= 4 is 22.8 Å². The molecule has 150 valence electrons.